The zero-order valence-electron chi connectivity index (χ0n) is 16.4. The smallest absolute Gasteiger partial charge is 0.405 e. The van der Waals surface area contributed by atoms with Gasteiger partial charge in [-0.2, -0.15) is 5.10 Å². The molecule has 0 aliphatic rings. The lowest BCUT2D eigenvalue weighted by Crippen LogP contribution is -2.41. The van der Waals surface area contributed by atoms with Crippen LogP contribution in [0.4, 0.5) is 13.6 Å². The van der Waals surface area contributed by atoms with E-state index in [4.69, 9.17) is 15.2 Å². The van der Waals surface area contributed by atoms with Crippen molar-refractivity contribution in [2.24, 2.45) is 11.7 Å². The molecule has 0 saturated heterocycles. The number of fused-ring (bicyclic) bond motifs is 1. The van der Waals surface area contributed by atoms with Crippen molar-refractivity contribution in [2.45, 2.75) is 32.8 Å². The standard InChI is InChI=1S/C20H22F2N4O3/c1-12(2)10-20(3,29-19(23)27)11-28-17-9-14(21)13(8-15(17)22)16-4-6-24-18-5-7-25-26(16)18/h4-9,12H,10-11H2,1-3H3,(H2,23,27)/t20-/m0/s1. The van der Waals surface area contributed by atoms with Crippen molar-refractivity contribution in [1.82, 2.24) is 14.6 Å². The molecule has 2 heterocycles. The average molecular weight is 404 g/mol. The van der Waals surface area contributed by atoms with Gasteiger partial charge in [-0.1, -0.05) is 13.8 Å². The number of halogens is 2. The molecule has 1 aromatic carbocycles. The molecule has 9 heteroatoms. The third-order valence-electron chi connectivity index (χ3n) is 4.31. The van der Waals surface area contributed by atoms with Crippen LogP contribution in [-0.4, -0.2) is 32.9 Å². The monoisotopic (exact) mass is 404 g/mol. The predicted octanol–water partition coefficient (Wildman–Crippen LogP) is 3.95. The fraction of sp³-hybridized carbons (Fsp3) is 0.350. The van der Waals surface area contributed by atoms with Crippen molar-refractivity contribution in [3.8, 4) is 17.0 Å². The van der Waals surface area contributed by atoms with E-state index in [0.29, 0.717) is 17.8 Å². The molecule has 0 saturated carbocycles. The number of hydrogen-bond acceptors (Lipinski definition) is 5. The minimum absolute atomic E-state index is 0.0179. The number of hydrogen-bond donors (Lipinski definition) is 1. The van der Waals surface area contributed by atoms with Crippen molar-refractivity contribution in [1.29, 1.82) is 0 Å². The van der Waals surface area contributed by atoms with E-state index in [0.717, 1.165) is 12.1 Å². The summed E-state index contributed by atoms with van der Waals surface area (Å²) >= 11 is 0. The van der Waals surface area contributed by atoms with Gasteiger partial charge in [0.05, 0.1) is 11.9 Å². The van der Waals surface area contributed by atoms with E-state index >= 15 is 0 Å². The summed E-state index contributed by atoms with van der Waals surface area (Å²) in [6, 6.07) is 5.19. The maximum absolute atomic E-state index is 14.8. The third kappa shape index (κ3) is 4.61. The second-order valence-corrected chi connectivity index (χ2v) is 7.45. The molecule has 2 N–H and O–H groups in total. The minimum Gasteiger partial charge on any atom is -0.486 e. The molecule has 1 atom stereocenters. The summed E-state index contributed by atoms with van der Waals surface area (Å²) in [5, 5.41) is 4.09. The van der Waals surface area contributed by atoms with E-state index in [1.807, 2.05) is 13.8 Å². The Morgan fingerprint density at radius 2 is 2.00 bits per heavy atom. The Labute approximate surface area is 166 Å². The van der Waals surface area contributed by atoms with Crippen molar-refractivity contribution < 1.29 is 23.0 Å². The first-order valence-corrected chi connectivity index (χ1v) is 9.08. The Hall–Kier alpha value is -3.23. The quantitative estimate of drug-likeness (QED) is 0.644. The van der Waals surface area contributed by atoms with Crippen molar-refractivity contribution in [3.63, 3.8) is 0 Å². The largest absolute Gasteiger partial charge is 0.486 e. The Kier molecular flexibility index (Phi) is 5.67. The maximum atomic E-state index is 14.8. The van der Waals surface area contributed by atoms with Gasteiger partial charge in [0.2, 0.25) is 0 Å². The first-order valence-electron chi connectivity index (χ1n) is 9.08. The van der Waals surface area contributed by atoms with Crippen LogP contribution in [0.1, 0.15) is 27.2 Å². The first-order chi connectivity index (χ1) is 13.7. The van der Waals surface area contributed by atoms with Crippen LogP contribution in [0.3, 0.4) is 0 Å². The molecule has 29 heavy (non-hydrogen) atoms. The normalized spacial score (nSPS) is 13.4. The van der Waals surface area contributed by atoms with Gasteiger partial charge in [0.25, 0.3) is 0 Å². The number of benzene rings is 1. The molecule has 0 fully saturated rings. The Bertz CT molecular complexity index is 1040. The van der Waals surface area contributed by atoms with Gasteiger partial charge in [-0.3, -0.25) is 0 Å². The molecular formula is C20H22F2N4O3. The Morgan fingerprint density at radius 3 is 2.69 bits per heavy atom. The molecular weight excluding hydrogens is 382 g/mol. The number of primary amides is 1. The van der Waals surface area contributed by atoms with Crippen LogP contribution < -0.4 is 10.5 Å². The number of nitrogens with two attached hydrogens (primary N) is 1. The molecule has 0 bridgehead atoms. The number of nitrogens with zero attached hydrogens (tertiary/aromatic N) is 3. The highest BCUT2D eigenvalue weighted by Crippen LogP contribution is 2.30. The molecule has 2 aromatic heterocycles. The molecule has 0 unspecified atom stereocenters. The molecule has 7 nitrogen and oxygen atoms in total. The second-order valence-electron chi connectivity index (χ2n) is 7.45. The van der Waals surface area contributed by atoms with Gasteiger partial charge >= 0.3 is 6.09 Å². The molecule has 0 spiro atoms. The van der Waals surface area contributed by atoms with Crippen molar-refractivity contribution in [3.05, 3.63) is 48.3 Å². The van der Waals surface area contributed by atoms with E-state index in [1.165, 1.54) is 16.9 Å². The van der Waals surface area contributed by atoms with Crippen molar-refractivity contribution in [2.75, 3.05) is 6.61 Å². The van der Waals surface area contributed by atoms with Crippen LogP contribution in [0.5, 0.6) is 5.75 Å². The Morgan fingerprint density at radius 1 is 1.24 bits per heavy atom. The van der Waals surface area contributed by atoms with Crippen LogP contribution in [0, 0.1) is 17.6 Å². The lowest BCUT2D eigenvalue weighted by atomic mass is 9.95. The highest BCUT2D eigenvalue weighted by Gasteiger charge is 2.31. The second kappa shape index (κ2) is 8.02. The number of ether oxygens (including phenoxy) is 2. The maximum Gasteiger partial charge on any atom is 0.405 e. The first kappa shape index (κ1) is 20.5. The number of amides is 1. The topological polar surface area (TPSA) is 91.7 Å². The minimum atomic E-state index is -1.08. The molecule has 0 aliphatic heterocycles. The summed E-state index contributed by atoms with van der Waals surface area (Å²) in [5.74, 6) is -1.58. The fourth-order valence-electron chi connectivity index (χ4n) is 3.34. The molecule has 1 amide bonds. The molecule has 3 rings (SSSR count). The lowest BCUT2D eigenvalue weighted by molar-refractivity contribution is -0.0194. The summed E-state index contributed by atoms with van der Waals surface area (Å²) < 4.78 is 41.5. The van der Waals surface area contributed by atoms with Gasteiger partial charge in [-0.15, -0.1) is 0 Å². The number of carbonyl (C=O) groups is 1. The molecule has 0 radical (unpaired) electrons. The van der Waals surface area contributed by atoms with Gasteiger partial charge in [0.1, 0.15) is 18.0 Å². The highest BCUT2D eigenvalue weighted by molar-refractivity contribution is 5.65. The van der Waals surface area contributed by atoms with Crippen LogP contribution in [0.25, 0.3) is 16.9 Å². The van der Waals surface area contributed by atoms with Crippen LogP contribution in [0.2, 0.25) is 0 Å². The van der Waals surface area contributed by atoms with Crippen LogP contribution in [0.15, 0.2) is 36.7 Å². The lowest BCUT2D eigenvalue weighted by Gasteiger charge is -2.30. The molecule has 3 aromatic rings. The molecule has 0 aliphatic carbocycles. The summed E-state index contributed by atoms with van der Waals surface area (Å²) in [7, 11) is 0. The molecule has 154 valence electrons. The van der Waals surface area contributed by atoms with E-state index in [9.17, 15) is 13.6 Å². The van der Waals surface area contributed by atoms with E-state index < -0.39 is 23.3 Å². The average Bonchev–Trinajstić information content (AvgIpc) is 3.09. The van der Waals surface area contributed by atoms with Crippen LogP contribution in [-0.2, 0) is 4.74 Å². The van der Waals surface area contributed by atoms with Gasteiger partial charge in [-0.25, -0.2) is 23.1 Å². The Balaban J connectivity index is 1.88. The zero-order valence-corrected chi connectivity index (χ0v) is 16.4. The number of rotatable bonds is 7. The summed E-state index contributed by atoms with van der Waals surface area (Å²) in [5.41, 5.74) is 4.94. The predicted molar refractivity (Wildman–Crippen MR) is 102 cm³/mol. The van der Waals surface area contributed by atoms with Gasteiger partial charge in [0, 0.05) is 23.9 Å². The van der Waals surface area contributed by atoms with Crippen LogP contribution >= 0.6 is 0 Å². The zero-order chi connectivity index (χ0) is 21.2. The summed E-state index contributed by atoms with van der Waals surface area (Å²) in [6.07, 6.45) is 2.49. The van der Waals surface area contributed by atoms with E-state index in [1.54, 1.807) is 19.1 Å². The van der Waals surface area contributed by atoms with Gasteiger partial charge < -0.3 is 15.2 Å². The summed E-state index contributed by atoms with van der Waals surface area (Å²) in [6.45, 7) is 5.32. The van der Waals surface area contributed by atoms with E-state index in [-0.39, 0.29) is 23.8 Å². The van der Waals surface area contributed by atoms with E-state index in [2.05, 4.69) is 10.1 Å². The number of aromatic nitrogens is 3. The van der Waals surface area contributed by atoms with Gasteiger partial charge in [-0.05, 0) is 31.4 Å². The van der Waals surface area contributed by atoms with Gasteiger partial charge in [0.15, 0.2) is 17.2 Å². The third-order valence-corrected chi connectivity index (χ3v) is 4.31. The SMILES string of the molecule is CC(C)C[C@@](C)(COc1cc(F)c(-c2ccnc3ccnn23)cc1F)OC(N)=O. The highest BCUT2D eigenvalue weighted by atomic mass is 19.1. The van der Waals surface area contributed by atoms with Crippen molar-refractivity contribution >= 4 is 11.7 Å². The number of carbonyl (C=O) groups excluding carboxylic acids is 1. The fourth-order valence-corrected chi connectivity index (χ4v) is 3.34. The summed E-state index contributed by atoms with van der Waals surface area (Å²) in [4.78, 5) is 15.3.